The van der Waals surface area contributed by atoms with Gasteiger partial charge < -0.3 is 14.7 Å². The van der Waals surface area contributed by atoms with Crippen molar-refractivity contribution < 1.29 is 32.2 Å². The lowest BCUT2D eigenvalue weighted by Gasteiger charge is -2.32. The number of halogens is 4. The fourth-order valence-corrected chi connectivity index (χ4v) is 3.33. The molecule has 1 aliphatic heterocycles. The van der Waals surface area contributed by atoms with E-state index in [1.807, 2.05) is 22.9 Å². The maximum atomic E-state index is 12.9. The van der Waals surface area contributed by atoms with Gasteiger partial charge in [0.15, 0.2) is 0 Å². The van der Waals surface area contributed by atoms with Crippen molar-refractivity contribution in [1.29, 1.82) is 0 Å². The largest absolute Gasteiger partial charge is 0.490 e. The van der Waals surface area contributed by atoms with Gasteiger partial charge in [-0.25, -0.2) is 9.18 Å². The zero-order chi connectivity index (χ0) is 23.1. The summed E-state index contributed by atoms with van der Waals surface area (Å²) in [5.41, 5.74) is 1.05. The summed E-state index contributed by atoms with van der Waals surface area (Å²) in [7, 11) is 0. The Balaban J connectivity index is 0.000000360. The summed E-state index contributed by atoms with van der Waals surface area (Å²) in [5.74, 6) is -2.23. The second-order valence-corrected chi connectivity index (χ2v) is 7.37. The van der Waals surface area contributed by atoms with Gasteiger partial charge in [-0.15, -0.1) is 0 Å². The van der Waals surface area contributed by atoms with E-state index in [1.165, 1.54) is 17.5 Å². The van der Waals surface area contributed by atoms with Crippen LogP contribution in [0.4, 0.5) is 17.6 Å². The van der Waals surface area contributed by atoms with E-state index >= 15 is 0 Å². The zero-order valence-corrected chi connectivity index (χ0v) is 17.1. The van der Waals surface area contributed by atoms with Crippen molar-refractivity contribution in [3.63, 3.8) is 0 Å². The molecule has 1 N–H and O–H groups in total. The highest BCUT2D eigenvalue weighted by atomic mass is 19.4. The smallest absolute Gasteiger partial charge is 0.490 e. The van der Waals surface area contributed by atoms with Crippen LogP contribution in [0.1, 0.15) is 12.8 Å². The van der Waals surface area contributed by atoms with Crippen molar-refractivity contribution in [2.75, 3.05) is 19.6 Å². The number of piperidine rings is 1. The van der Waals surface area contributed by atoms with Crippen LogP contribution in [0.5, 0.6) is 5.75 Å². The highest BCUT2D eigenvalue weighted by Gasteiger charge is 2.38. The molecule has 0 bridgehead atoms. The molecule has 0 atom stereocenters. The number of aliphatic carboxylic acids is 1. The third-order valence-corrected chi connectivity index (χ3v) is 5.00. The van der Waals surface area contributed by atoms with Crippen LogP contribution in [0.3, 0.4) is 0 Å². The Kier molecular flexibility index (Phi) is 7.68. The first-order valence-electron chi connectivity index (χ1n) is 10.1. The number of hydrogen-bond acceptors (Lipinski definition) is 4. The van der Waals surface area contributed by atoms with E-state index in [2.05, 4.69) is 22.3 Å². The topological polar surface area (TPSA) is 67.6 Å². The van der Waals surface area contributed by atoms with Gasteiger partial charge in [0, 0.05) is 31.2 Å². The number of hydrogen-bond donors (Lipinski definition) is 1. The molecule has 1 saturated heterocycles. The number of carboxylic acids is 1. The maximum absolute atomic E-state index is 12.9. The van der Waals surface area contributed by atoms with Crippen LogP contribution >= 0.6 is 0 Å². The zero-order valence-electron chi connectivity index (χ0n) is 17.1. The van der Waals surface area contributed by atoms with Crippen molar-refractivity contribution in [2.45, 2.75) is 31.7 Å². The minimum Gasteiger partial charge on any atom is -0.490 e. The third-order valence-electron chi connectivity index (χ3n) is 5.00. The van der Waals surface area contributed by atoms with Gasteiger partial charge in [-0.3, -0.25) is 4.68 Å². The van der Waals surface area contributed by atoms with Gasteiger partial charge in [0.1, 0.15) is 17.7 Å². The number of rotatable bonds is 5. The normalized spacial score (nSPS) is 15.2. The van der Waals surface area contributed by atoms with Crippen molar-refractivity contribution in [2.24, 2.45) is 0 Å². The number of aromatic nitrogens is 2. The van der Waals surface area contributed by atoms with E-state index < -0.39 is 12.1 Å². The van der Waals surface area contributed by atoms with Gasteiger partial charge in [-0.05, 0) is 43.2 Å². The summed E-state index contributed by atoms with van der Waals surface area (Å²) in [6.07, 6.45) is -0.759. The number of alkyl halides is 3. The second kappa shape index (κ2) is 10.4. The van der Waals surface area contributed by atoms with E-state index in [1.54, 1.807) is 12.1 Å². The highest BCUT2D eigenvalue weighted by Crippen LogP contribution is 2.19. The molecule has 1 aromatic heterocycles. The molecule has 1 fully saturated rings. The summed E-state index contributed by atoms with van der Waals surface area (Å²) in [6.45, 7) is 3.94. The Morgan fingerprint density at radius 2 is 1.69 bits per heavy atom. The van der Waals surface area contributed by atoms with Crippen molar-refractivity contribution >= 4 is 16.9 Å². The fourth-order valence-electron chi connectivity index (χ4n) is 3.33. The molecule has 3 aromatic rings. The minimum absolute atomic E-state index is 0.217. The lowest BCUT2D eigenvalue weighted by molar-refractivity contribution is -0.192. The Morgan fingerprint density at radius 3 is 2.28 bits per heavy atom. The SMILES string of the molecule is Fc1ccc(OC2CCN(CCn3cc4ccccc4n3)CC2)cc1.O=C(O)C(F)(F)F. The molecule has 0 radical (unpaired) electrons. The second-order valence-electron chi connectivity index (χ2n) is 7.37. The van der Waals surface area contributed by atoms with Crippen LogP contribution < -0.4 is 4.74 Å². The van der Waals surface area contributed by atoms with E-state index in [9.17, 15) is 17.6 Å². The molecule has 4 rings (SSSR count). The van der Waals surface area contributed by atoms with Gasteiger partial charge in [0.2, 0.25) is 0 Å². The van der Waals surface area contributed by atoms with Gasteiger partial charge in [-0.1, -0.05) is 18.2 Å². The van der Waals surface area contributed by atoms with E-state index in [4.69, 9.17) is 14.6 Å². The number of benzene rings is 2. The first-order valence-corrected chi connectivity index (χ1v) is 10.1. The van der Waals surface area contributed by atoms with Crippen LogP contribution in [-0.2, 0) is 11.3 Å². The molecule has 10 heteroatoms. The molecule has 2 aromatic carbocycles. The molecule has 0 saturated carbocycles. The molecule has 0 amide bonds. The molecule has 0 spiro atoms. The molecular formula is C22H23F4N3O3. The maximum Gasteiger partial charge on any atom is 0.490 e. The standard InChI is InChI=1S/C20H22FN3O.C2HF3O2/c21-17-5-7-18(8-6-17)25-19-9-11-23(12-10-19)13-14-24-15-16-3-1-2-4-20(16)22-24;3-2(4,5)1(6)7/h1-8,15,19H,9-14H2;(H,6,7). The minimum atomic E-state index is -5.08. The molecule has 32 heavy (non-hydrogen) atoms. The van der Waals surface area contributed by atoms with Gasteiger partial charge in [0.25, 0.3) is 0 Å². The summed E-state index contributed by atoms with van der Waals surface area (Å²) in [5, 5.41) is 12.9. The van der Waals surface area contributed by atoms with Crippen LogP contribution in [0.25, 0.3) is 10.9 Å². The van der Waals surface area contributed by atoms with Crippen molar-refractivity contribution in [3.05, 3.63) is 60.5 Å². The van der Waals surface area contributed by atoms with Crippen molar-refractivity contribution in [3.8, 4) is 5.75 Å². The molecular weight excluding hydrogens is 430 g/mol. The molecule has 0 aliphatic carbocycles. The number of carboxylic acid groups (broad SMARTS) is 1. The predicted octanol–water partition coefficient (Wildman–Crippen LogP) is 4.35. The van der Waals surface area contributed by atoms with Gasteiger partial charge in [0.05, 0.1) is 12.1 Å². The Labute approximate surface area is 182 Å². The van der Waals surface area contributed by atoms with E-state index in [0.29, 0.717) is 0 Å². The molecule has 1 aliphatic rings. The van der Waals surface area contributed by atoms with E-state index in [-0.39, 0.29) is 11.9 Å². The average Bonchev–Trinajstić information content (AvgIpc) is 3.18. The Morgan fingerprint density at radius 1 is 1.06 bits per heavy atom. The molecule has 2 heterocycles. The van der Waals surface area contributed by atoms with Gasteiger partial charge >= 0.3 is 12.1 Å². The fraction of sp³-hybridized carbons (Fsp3) is 0.364. The van der Waals surface area contributed by atoms with Crippen molar-refractivity contribution in [1.82, 2.24) is 14.7 Å². The summed E-state index contributed by atoms with van der Waals surface area (Å²) in [4.78, 5) is 11.4. The number of likely N-dealkylation sites (tertiary alicyclic amines) is 1. The molecule has 0 unspecified atom stereocenters. The third kappa shape index (κ3) is 6.94. The first-order chi connectivity index (χ1) is 15.2. The van der Waals surface area contributed by atoms with Crippen LogP contribution in [-0.4, -0.2) is 57.7 Å². The number of fused-ring (bicyclic) bond motifs is 1. The summed E-state index contributed by atoms with van der Waals surface area (Å²) < 4.78 is 52.7. The lowest BCUT2D eigenvalue weighted by atomic mass is 10.1. The predicted molar refractivity (Wildman–Crippen MR) is 110 cm³/mol. The number of ether oxygens (including phenoxy) is 1. The molecule has 6 nitrogen and oxygen atoms in total. The Bertz CT molecular complexity index is 980. The number of carbonyl (C=O) groups is 1. The summed E-state index contributed by atoms with van der Waals surface area (Å²) in [6, 6.07) is 14.5. The first kappa shape index (κ1) is 23.5. The summed E-state index contributed by atoms with van der Waals surface area (Å²) >= 11 is 0. The lowest BCUT2D eigenvalue weighted by Crippen LogP contribution is -2.39. The monoisotopic (exact) mass is 453 g/mol. The number of nitrogens with zero attached hydrogens (tertiary/aromatic N) is 3. The van der Waals surface area contributed by atoms with Gasteiger partial charge in [-0.2, -0.15) is 18.3 Å². The molecule has 172 valence electrons. The van der Waals surface area contributed by atoms with Crippen LogP contribution in [0.2, 0.25) is 0 Å². The van der Waals surface area contributed by atoms with E-state index in [0.717, 1.165) is 50.3 Å². The highest BCUT2D eigenvalue weighted by molar-refractivity contribution is 5.77. The van der Waals surface area contributed by atoms with Crippen LogP contribution in [0, 0.1) is 5.82 Å². The average molecular weight is 453 g/mol. The quantitative estimate of drug-likeness (QED) is 0.582. The van der Waals surface area contributed by atoms with Crippen LogP contribution in [0.15, 0.2) is 54.7 Å². The Hall–Kier alpha value is -3.14.